The first kappa shape index (κ1) is 11.1. The van der Waals surface area contributed by atoms with Crippen molar-refractivity contribution < 1.29 is 4.74 Å². The van der Waals surface area contributed by atoms with Crippen LogP contribution in [0.3, 0.4) is 0 Å². The van der Waals surface area contributed by atoms with Crippen LogP contribution in [0.15, 0.2) is 0 Å². The Kier molecular flexibility index (Phi) is 3.97. The Bertz CT molecular complexity index is 270. The summed E-state index contributed by atoms with van der Waals surface area (Å²) in [6.07, 6.45) is 0.227. The van der Waals surface area contributed by atoms with Gasteiger partial charge in [-0.05, 0) is 31.2 Å². The second-order valence-electron chi connectivity index (χ2n) is 3.47. The summed E-state index contributed by atoms with van der Waals surface area (Å²) in [6.45, 7) is 7.08. The summed E-state index contributed by atoms with van der Waals surface area (Å²) >= 11 is 0. The molecule has 0 aromatic carbocycles. The molecule has 0 spiro atoms. The summed E-state index contributed by atoms with van der Waals surface area (Å²) in [5.74, 6) is 0.692. The standard InChI is InChI=1S/C8H17N5O/c1-6(2)14-5-4-13-8(7(3)9)10-11-12-13/h6-7H,4-5,9H2,1-3H3. The Hall–Kier alpha value is -1.01. The van der Waals surface area contributed by atoms with Crippen LogP contribution < -0.4 is 5.73 Å². The van der Waals surface area contributed by atoms with Gasteiger partial charge in [-0.2, -0.15) is 0 Å². The summed E-state index contributed by atoms with van der Waals surface area (Å²) in [4.78, 5) is 0. The second kappa shape index (κ2) is 5.02. The van der Waals surface area contributed by atoms with Crippen molar-refractivity contribution in [1.29, 1.82) is 0 Å². The van der Waals surface area contributed by atoms with E-state index in [1.54, 1.807) is 4.68 Å². The van der Waals surface area contributed by atoms with Crippen molar-refractivity contribution in [3.8, 4) is 0 Å². The topological polar surface area (TPSA) is 78.8 Å². The summed E-state index contributed by atoms with van der Waals surface area (Å²) < 4.78 is 7.07. The zero-order valence-electron chi connectivity index (χ0n) is 8.84. The fraction of sp³-hybridized carbons (Fsp3) is 0.875. The van der Waals surface area contributed by atoms with Crippen molar-refractivity contribution in [3.05, 3.63) is 5.82 Å². The predicted octanol–water partition coefficient (Wildman–Crippen LogP) is 0.118. The first-order valence-corrected chi connectivity index (χ1v) is 4.74. The molecule has 0 aliphatic carbocycles. The number of nitrogens with zero attached hydrogens (tertiary/aromatic N) is 4. The van der Waals surface area contributed by atoms with E-state index in [0.29, 0.717) is 19.0 Å². The first-order chi connectivity index (χ1) is 6.61. The average Bonchev–Trinajstić information content (AvgIpc) is 2.51. The van der Waals surface area contributed by atoms with Gasteiger partial charge in [0.15, 0.2) is 5.82 Å². The quantitative estimate of drug-likeness (QED) is 0.728. The van der Waals surface area contributed by atoms with Crippen LogP contribution in [0.4, 0.5) is 0 Å². The van der Waals surface area contributed by atoms with Crippen molar-refractivity contribution >= 4 is 0 Å². The maximum atomic E-state index is 5.69. The Morgan fingerprint density at radius 2 is 2.14 bits per heavy atom. The van der Waals surface area contributed by atoms with Crippen LogP contribution in [0.5, 0.6) is 0 Å². The van der Waals surface area contributed by atoms with Crippen molar-refractivity contribution in [2.75, 3.05) is 6.61 Å². The van der Waals surface area contributed by atoms with E-state index in [0.717, 1.165) is 0 Å². The molecule has 1 atom stereocenters. The van der Waals surface area contributed by atoms with Gasteiger partial charge in [0.1, 0.15) is 0 Å². The number of ether oxygens (including phenoxy) is 1. The molecule has 1 heterocycles. The summed E-state index contributed by atoms with van der Waals surface area (Å²) in [6, 6.07) is -0.149. The lowest BCUT2D eigenvalue weighted by Gasteiger charge is -2.09. The third-order valence-electron chi connectivity index (χ3n) is 1.72. The zero-order chi connectivity index (χ0) is 10.6. The van der Waals surface area contributed by atoms with Gasteiger partial charge in [0.05, 0.1) is 25.3 Å². The van der Waals surface area contributed by atoms with E-state index in [1.807, 2.05) is 20.8 Å². The first-order valence-electron chi connectivity index (χ1n) is 4.74. The molecule has 1 aromatic heterocycles. The highest BCUT2D eigenvalue weighted by Crippen LogP contribution is 2.02. The lowest BCUT2D eigenvalue weighted by atomic mass is 10.3. The van der Waals surface area contributed by atoms with Gasteiger partial charge in [-0.25, -0.2) is 4.68 Å². The predicted molar refractivity (Wildman–Crippen MR) is 51.5 cm³/mol. The van der Waals surface area contributed by atoms with Gasteiger partial charge in [-0.3, -0.25) is 0 Å². The number of nitrogens with two attached hydrogens (primary N) is 1. The van der Waals surface area contributed by atoms with Crippen molar-refractivity contribution in [2.45, 2.75) is 39.5 Å². The van der Waals surface area contributed by atoms with E-state index in [-0.39, 0.29) is 12.1 Å². The van der Waals surface area contributed by atoms with Gasteiger partial charge in [0, 0.05) is 0 Å². The van der Waals surface area contributed by atoms with E-state index in [1.165, 1.54) is 0 Å². The molecule has 0 aliphatic heterocycles. The highest BCUT2D eigenvalue weighted by atomic mass is 16.5. The normalized spacial score (nSPS) is 13.5. The van der Waals surface area contributed by atoms with E-state index < -0.39 is 0 Å². The second-order valence-corrected chi connectivity index (χ2v) is 3.47. The molecule has 0 saturated carbocycles. The minimum atomic E-state index is -0.149. The molecule has 6 nitrogen and oxygen atoms in total. The number of tetrazole rings is 1. The maximum absolute atomic E-state index is 5.69. The van der Waals surface area contributed by atoms with Crippen molar-refractivity contribution in [2.24, 2.45) is 5.73 Å². The van der Waals surface area contributed by atoms with Crippen LogP contribution in [0.25, 0.3) is 0 Å². The Morgan fingerprint density at radius 1 is 1.43 bits per heavy atom. The van der Waals surface area contributed by atoms with Gasteiger partial charge in [0.2, 0.25) is 0 Å². The minimum absolute atomic E-state index is 0.149. The minimum Gasteiger partial charge on any atom is -0.377 e. The molecular weight excluding hydrogens is 182 g/mol. The number of rotatable bonds is 5. The van der Waals surface area contributed by atoms with Crippen LogP contribution in [0.2, 0.25) is 0 Å². The molecule has 14 heavy (non-hydrogen) atoms. The Balaban J connectivity index is 2.46. The molecule has 1 unspecified atom stereocenters. The fourth-order valence-electron chi connectivity index (χ4n) is 1.07. The van der Waals surface area contributed by atoms with Gasteiger partial charge in [-0.1, -0.05) is 0 Å². The molecule has 0 fully saturated rings. The lowest BCUT2D eigenvalue weighted by molar-refractivity contribution is 0.0700. The summed E-state index contributed by atoms with van der Waals surface area (Å²) in [5.41, 5.74) is 5.69. The van der Waals surface area contributed by atoms with Gasteiger partial charge >= 0.3 is 0 Å². The fourth-order valence-corrected chi connectivity index (χ4v) is 1.07. The third-order valence-corrected chi connectivity index (χ3v) is 1.72. The largest absolute Gasteiger partial charge is 0.377 e. The third kappa shape index (κ3) is 3.04. The van der Waals surface area contributed by atoms with Crippen LogP contribution in [-0.2, 0) is 11.3 Å². The van der Waals surface area contributed by atoms with E-state index in [2.05, 4.69) is 15.5 Å². The van der Waals surface area contributed by atoms with Crippen molar-refractivity contribution in [3.63, 3.8) is 0 Å². The highest BCUT2D eigenvalue weighted by molar-refractivity contribution is 4.87. The SMILES string of the molecule is CC(C)OCCn1nnnc1C(C)N. The number of hydrogen-bond donors (Lipinski definition) is 1. The molecule has 2 N–H and O–H groups in total. The lowest BCUT2D eigenvalue weighted by Crippen LogP contribution is -2.18. The number of aromatic nitrogens is 4. The van der Waals surface area contributed by atoms with Gasteiger partial charge in [0.25, 0.3) is 0 Å². The number of hydrogen-bond acceptors (Lipinski definition) is 5. The molecule has 6 heteroatoms. The van der Waals surface area contributed by atoms with E-state index in [9.17, 15) is 0 Å². The monoisotopic (exact) mass is 199 g/mol. The highest BCUT2D eigenvalue weighted by Gasteiger charge is 2.09. The van der Waals surface area contributed by atoms with Crippen LogP contribution in [-0.4, -0.2) is 32.9 Å². The molecular formula is C8H17N5O. The van der Waals surface area contributed by atoms with Gasteiger partial charge < -0.3 is 10.5 Å². The Morgan fingerprint density at radius 3 is 2.71 bits per heavy atom. The maximum Gasteiger partial charge on any atom is 0.167 e. The van der Waals surface area contributed by atoms with Crippen LogP contribution in [0.1, 0.15) is 32.6 Å². The van der Waals surface area contributed by atoms with Crippen LogP contribution in [0, 0.1) is 0 Å². The molecule has 1 rings (SSSR count). The van der Waals surface area contributed by atoms with Crippen LogP contribution >= 0.6 is 0 Å². The van der Waals surface area contributed by atoms with Gasteiger partial charge in [-0.15, -0.1) is 5.10 Å². The van der Waals surface area contributed by atoms with E-state index in [4.69, 9.17) is 10.5 Å². The smallest absolute Gasteiger partial charge is 0.167 e. The molecule has 80 valence electrons. The molecule has 0 aliphatic rings. The molecule has 0 saturated heterocycles. The average molecular weight is 199 g/mol. The zero-order valence-corrected chi connectivity index (χ0v) is 8.84. The van der Waals surface area contributed by atoms with Crippen molar-refractivity contribution in [1.82, 2.24) is 20.2 Å². The summed E-state index contributed by atoms with van der Waals surface area (Å²) in [5, 5.41) is 11.2. The van der Waals surface area contributed by atoms with E-state index >= 15 is 0 Å². The Labute approximate surface area is 83.4 Å². The summed E-state index contributed by atoms with van der Waals surface area (Å²) in [7, 11) is 0. The molecule has 0 bridgehead atoms. The molecule has 1 aromatic rings. The molecule has 0 amide bonds. The molecule has 0 radical (unpaired) electrons.